The Balaban J connectivity index is 1.87. The van der Waals surface area contributed by atoms with E-state index in [4.69, 9.17) is 44.3 Å². The van der Waals surface area contributed by atoms with Crippen LogP contribution in [-0.2, 0) is 20.7 Å². The normalized spacial score (nSPS) is 10.4. The first kappa shape index (κ1) is 19.8. The van der Waals surface area contributed by atoms with Crippen LogP contribution >= 0.6 is 46.1 Å². The predicted molar refractivity (Wildman–Crippen MR) is 98.0 cm³/mol. The molecule has 25 heavy (non-hydrogen) atoms. The lowest BCUT2D eigenvalue weighted by molar-refractivity contribution is -0.142. The number of benzene rings is 1. The molecular weight excluding hydrogens is 411 g/mol. The molecule has 0 unspecified atom stereocenters. The van der Waals surface area contributed by atoms with Crippen LogP contribution in [0.25, 0.3) is 0 Å². The number of halogens is 3. The molecule has 6 nitrogen and oxygen atoms in total. The lowest BCUT2D eigenvalue weighted by Crippen LogP contribution is -2.20. The van der Waals surface area contributed by atoms with Crippen LogP contribution in [0.3, 0.4) is 0 Å². The van der Waals surface area contributed by atoms with Gasteiger partial charge in [-0.15, -0.1) is 11.3 Å². The third kappa shape index (κ3) is 6.04. The molecule has 0 atom stereocenters. The number of anilines is 1. The number of carbonyl (C=O) groups is 2. The van der Waals surface area contributed by atoms with Gasteiger partial charge in [0.2, 0.25) is 0 Å². The number of hydrogen-bond acceptors (Lipinski definition) is 6. The number of amides is 1. The molecule has 1 amide bonds. The number of carbonyl (C=O) groups excluding carboxylic acids is 2. The number of esters is 1. The number of rotatable bonds is 7. The molecule has 0 saturated heterocycles. The maximum absolute atomic E-state index is 11.9. The topological polar surface area (TPSA) is 77.5 Å². The van der Waals surface area contributed by atoms with Crippen LogP contribution in [-0.4, -0.2) is 30.1 Å². The molecule has 1 heterocycles. The Morgan fingerprint density at radius 2 is 1.92 bits per heavy atom. The average molecular weight is 424 g/mol. The van der Waals surface area contributed by atoms with E-state index in [1.165, 1.54) is 23.5 Å². The zero-order valence-electron chi connectivity index (χ0n) is 13.0. The van der Waals surface area contributed by atoms with Gasteiger partial charge in [-0.2, -0.15) is 0 Å². The molecule has 0 spiro atoms. The van der Waals surface area contributed by atoms with Gasteiger partial charge in [0.1, 0.15) is 5.75 Å². The first-order chi connectivity index (χ1) is 11.9. The molecule has 0 aliphatic carbocycles. The number of thiazole rings is 1. The van der Waals surface area contributed by atoms with Crippen molar-refractivity contribution in [2.45, 2.75) is 13.3 Å². The second-order valence-electron chi connectivity index (χ2n) is 4.66. The summed E-state index contributed by atoms with van der Waals surface area (Å²) in [7, 11) is 0. The van der Waals surface area contributed by atoms with Crippen molar-refractivity contribution in [1.29, 1.82) is 0 Å². The number of ether oxygens (including phenoxy) is 2. The van der Waals surface area contributed by atoms with Gasteiger partial charge in [-0.25, -0.2) is 4.98 Å². The Hall–Kier alpha value is -1.54. The SMILES string of the molecule is CCOC(=O)Cc1csc(NC(=O)COc2cc(Cl)c(Cl)cc2Cl)n1. The molecule has 1 aromatic heterocycles. The Morgan fingerprint density at radius 3 is 2.64 bits per heavy atom. The minimum atomic E-state index is -0.431. The molecule has 1 aromatic carbocycles. The summed E-state index contributed by atoms with van der Waals surface area (Å²) in [6, 6.07) is 2.86. The summed E-state index contributed by atoms with van der Waals surface area (Å²) in [6.45, 7) is 1.75. The molecule has 0 saturated carbocycles. The molecule has 2 aromatic rings. The largest absolute Gasteiger partial charge is 0.482 e. The predicted octanol–water partition coefficient (Wildman–Crippen LogP) is 4.23. The fourth-order valence-corrected chi connectivity index (χ4v) is 3.04. The minimum Gasteiger partial charge on any atom is -0.482 e. The Bertz CT molecular complexity index is 782. The van der Waals surface area contributed by atoms with Crippen LogP contribution in [0.15, 0.2) is 17.5 Å². The number of hydrogen-bond donors (Lipinski definition) is 1. The van der Waals surface area contributed by atoms with E-state index >= 15 is 0 Å². The first-order valence-corrected chi connectivity index (χ1v) is 9.07. The van der Waals surface area contributed by atoms with Crippen molar-refractivity contribution in [3.63, 3.8) is 0 Å². The molecule has 0 fully saturated rings. The van der Waals surface area contributed by atoms with Crippen LogP contribution in [0.1, 0.15) is 12.6 Å². The molecule has 0 aliphatic heterocycles. The van der Waals surface area contributed by atoms with E-state index in [1.54, 1.807) is 12.3 Å². The van der Waals surface area contributed by atoms with Gasteiger partial charge in [0, 0.05) is 11.4 Å². The zero-order chi connectivity index (χ0) is 18.4. The van der Waals surface area contributed by atoms with Gasteiger partial charge in [0.05, 0.1) is 33.8 Å². The van der Waals surface area contributed by atoms with E-state index in [0.717, 1.165) is 0 Å². The molecule has 0 radical (unpaired) electrons. The number of nitrogens with zero attached hydrogens (tertiary/aromatic N) is 1. The molecule has 10 heteroatoms. The molecule has 0 aliphatic rings. The smallest absolute Gasteiger partial charge is 0.311 e. The van der Waals surface area contributed by atoms with Crippen molar-refractivity contribution in [3.8, 4) is 5.75 Å². The molecule has 1 N–H and O–H groups in total. The van der Waals surface area contributed by atoms with E-state index in [0.29, 0.717) is 22.5 Å². The second-order valence-corrected chi connectivity index (χ2v) is 6.74. The van der Waals surface area contributed by atoms with Crippen molar-refractivity contribution in [3.05, 3.63) is 38.3 Å². The zero-order valence-corrected chi connectivity index (χ0v) is 16.1. The Labute approximate surface area is 163 Å². The second kappa shape index (κ2) is 9.24. The minimum absolute atomic E-state index is 0.0512. The molecule has 0 bridgehead atoms. The summed E-state index contributed by atoms with van der Waals surface area (Å²) in [6.07, 6.45) is 0.0512. The first-order valence-electron chi connectivity index (χ1n) is 7.06. The van der Waals surface area contributed by atoms with Crippen LogP contribution < -0.4 is 10.1 Å². The summed E-state index contributed by atoms with van der Waals surface area (Å²) in [5.74, 6) is -0.559. The van der Waals surface area contributed by atoms with Gasteiger partial charge in [-0.3, -0.25) is 14.9 Å². The van der Waals surface area contributed by atoms with Crippen molar-refractivity contribution in [1.82, 2.24) is 4.98 Å². The van der Waals surface area contributed by atoms with Crippen molar-refractivity contribution in [2.24, 2.45) is 0 Å². The van der Waals surface area contributed by atoms with Gasteiger partial charge >= 0.3 is 5.97 Å². The fraction of sp³-hybridized carbons (Fsp3) is 0.267. The van der Waals surface area contributed by atoms with E-state index in [2.05, 4.69) is 10.3 Å². The quantitative estimate of drug-likeness (QED) is 0.533. The van der Waals surface area contributed by atoms with E-state index in [1.807, 2.05) is 0 Å². The Kier molecular flexibility index (Phi) is 7.31. The summed E-state index contributed by atoms with van der Waals surface area (Å²) in [4.78, 5) is 27.4. The van der Waals surface area contributed by atoms with Gasteiger partial charge in [-0.1, -0.05) is 34.8 Å². The highest BCUT2D eigenvalue weighted by Gasteiger charge is 2.12. The summed E-state index contributed by atoms with van der Waals surface area (Å²) in [5, 5.41) is 5.40. The molecule has 134 valence electrons. The summed E-state index contributed by atoms with van der Waals surface area (Å²) < 4.78 is 10.2. The highest BCUT2D eigenvalue weighted by molar-refractivity contribution is 7.13. The maximum atomic E-state index is 11.9. The third-order valence-electron chi connectivity index (χ3n) is 2.76. The third-order valence-corrected chi connectivity index (χ3v) is 4.59. The van der Waals surface area contributed by atoms with Gasteiger partial charge in [0.25, 0.3) is 5.91 Å². The number of aromatic nitrogens is 1. The highest BCUT2D eigenvalue weighted by Crippen LogP contribution is 2.33. The van der Waals surface area contributed by atoms with Crippen LogP contribution in [0.5, 0.6) is 5.75 Å². The van der Waals surface area contributed by atoms with E-state index in [9.17, 15) is 9.59 Å². The van der Waals surface area contributed by atoms with Gasteiger partial charge in [0.15, 0.2) is 11.7 Å². The lowest BCUT2D eigenvalue weighted by atomic mass is 10.3. The van der Waals surface area contributed by atoms with Gasteiger partial charge < -0.3 is 9.47 Å². The van der Waals surface area contributed by atoms with Gasteiger partial charge in [-0.05, 0) is 13.0 Å². The standard InChI is InChI=1S/C15H13Cl3N2O4S/c1-2-23-14(22)3-8-7-25-15(19-8)20-13(21)6-24-12-5-10(17)9(16)4-11(12)18/h4-5,7H,2-3,6H2,1H3,(H,19,20,21). The Morgan fingerprint density at radius 1 is 1.20 bits per heavy atom. The lowest BCUT2D eigenvalue weighted by Gasteiger charge is -2.08. The number of nitrogens with one attached hydrogen (secondary N) is 1. The van der Waals surface area contributed by atoms with Crippen LogP contribution in [0.4, 0.5) is 5.13 Å². The van der Waals surface area contributed by atoms with E-state index in [-0.39, 0.29) is 34.8 Å². The van der Waals surface area contributed by atoms with E-state index < -0.39 is 5.91 Å². The van der Waals surface area contributed by atoms with Crippen molar-refractivity contribution < 1.29 is 19.1 Å². The monoisotopic (exact) mass is 422 g/mol. The fourth-order valence-electron chi connectivity index (χ4n) is 1.72. The van der Waals surface area contributed by atoms with Crippen LogP contribution in [0, 0.1) is 0 Å². The average Bonchev–Trinajstić information content (AvgIpc) is 2.96. The summed E-state index contributed by atoms with van der Waals surface area (Å²) in [5.41, 5.74) is 0.521. The maximum Gasteiger partial charge on any atom is 0.311 e. The summed E-state index contributed by atoms with van der Waals surface area (Å²) >= 11 is 18.9. The van der Waals surface area contributed by atoms with Crippen molar-refractivity contribution in [2.75, 3.05) is 18.5 Å². The van der Waals surface area contributed by atoms with Crippen molar-refractivity contribution >= 4 is 63.1 Å². The molecular formula is C15H13Cl3N2O4S. The highest BCUT2D eigenvalue weighted by atomic mass is 35.5. The van der Waals surface area contributed by atoms with Crippen LogP contribution in [0.2, 0.25) is 15.1 Å². The molecule has 2 rings (SSSR count).